The van der Waals surface area contributed by atoms with E-state index in [2.05, 4.69) is 116 Å². The molecule has 0 aromatic heterocycles. The van der Waals surface area contributed by atoms with Crippen molar-refractivity contribution in [3.05, 3.63) is 109 Å². The second kappa shape index (κ2) is 40.8. The van der Waals surface area contributed by atoms with E-state index in [1.165, 1.54) is 44.9 Å². The maximum Gasteiger partial charge on any atom is 0.472 e. The number of hydrogen-bond donors (Lipinski definition) is 4. The van der Waals surface area contributed by atoms with Gasteiger partial charge in [-0.15, -0.1) is 0 Å². The van der Waals surface area contributed by atoms with Gasteiger partial charge in [-0.3, -0.25) is 13.8 Å². The molecule has 0 aromatic rings. The van der Waals surface area contributed by atoms with Crippen LogP contribution in [0.4, 0.5) is 0 Å². The molecule has 0 aliphatic heterocycles. The molecule has 0 aliphatic carbocycles. The second-order valence-electron chi connectivity index (χ2n) is 13.5. The number of nitrogens with one attached hydrogen (secondary N) is 1. The molecule has 0 bridgehead atoms. The van der Waals surface area contributed by atoms with Gasteiger partial charge in [0.2, 0.25) is 5.91 Å². The summed E-state index contributed by atoms with van der Waals surface area (Å²) in [6.45, 7) is 3.91. The lowest BCUT2D eigenvalue weighted by Gasteiger charge is -2.23. The van der Waals surface area contributed by atoms with Crippen molar-refractivity contribution in [1.82, 2.24) is 5.32 Å². The van der Waals surface area contributed by atoms with Crippen molar-refractivity contribution < 1.29 is 28.4 Å². The quantitative estimate of drug-likeness (QED) is 0.0280. The van der Waals surface area contributed by atoms with Crippen LogP contribution in [0.1, 0.15) is 142 Å². The minimum absolute atomic E-state index is 0.0583. The maximum absolute atomic E-state index is 12.7. The molecule has 9 heteroatoms. The van der Waals surface area contributed by atoms with Crippen molar-refractivity contribution in [2.24, 2.45) is 5.73 Å². The molecule has 0 spiro atoms. The third-order valence-electron chi connectivity index (χ3n) is 8.33. The van der Waals surface area contributed by atoms with Crippen LogP contribution < -0.4 is 11.1 Å². The Labute approximate surface area is 335 Å². The summed E-state index contributed by atoms with van der Waals surface area (Å²) in [4.78, 5) is 22.6. The highest BCUT2D eigenvalue weighted by molar-refractivity contribution is 7.47. The summed E-state index contributed by atoms with van der Waals surface area (Å²) >= 11 is 0. The van der Waals surface area contributed by atoms with Gasteiger partial charge >= 0.3 is 7.82 Å². The van der Waals surface area contributed by atoms with E-state index in [0.717, 1.165) is 70.6 Å². The van der Waals surface area contributed by atoms with Crippen LogP contribution in [-0.2, 0) is 18.4 Å². The summed E-state index contributed by atoms with van der Waals surface area (Å²) in [6.07, 6.45) is 57.2. The van der Waals surface area contributed by atoms with Crippen LogP contribution in [0.5, 0.6) is 0 Å². The Hall–Kier alpha value is -2.84. The molecule has 1 amide bonds. The van der Waals surface area contributed by atoms with E-state index in [4.69, 9.17) is 14.8 Å². The average Bonchev–Trinajstić information content (AvgIpc) is 3.17. The molecular formula is C46H77N2O6P. The van der Waals surface area contributed by atoms with E-state index >= 15 is 0 Å². The number of aliphatic hydroxyl groups is 1. The van der Waals surface area contributed by atoms with Crippen LogP contribution in [0.3, 0.4) is 0 Å². The Morgan fingerprint density at radius 1 is 0.618 bits per heavy atom. The van der Waals surface area contributed by atoms with Gasteiger partial charge in [-0.05, 0) is 83.5 Å². The molecule has 0 aliphatic rings. The highest BCUT2D eigenvalue weighted by Crippen LogP contribution is 2.43. The summed E-state index contributed by atoms with van der Waals surface area (Å²) in [6, 6.07) is -0.915. The average molecular weight is 785 g/mol. The molecule has 3 unspecified atom stereocenters. The van der Waals surface area contributed by atoms with Crippen molar-refractivity contribution in [1.29, 1.82) is 0 Å². The number of allylic oxidation sites excluding steroid dienone is 17. The summed E-state index contributed by atoms with van der Waals surface area (Å²) in [5.41, 5.74) is 5.36. The maximum atomic E-state index is 12.7. The topological polar surface area (TPSA) is 131 Å². The number of rotatable bonds is 37. The fourth-order valence-electron chi connectivity index (χ4n) is 5.19. The Morgan fingerprint density at radius 3 is 1.62 bits per heavy atom. The third kappa shape index (κ3) is 39.2. The number of aliphatic hydroxyl groups excluding tert-OH is 1. The first-order valence-corrected chi connectivity index (χ1v) is 22.5. The van der Waals surface area contributed by atoms with Gasteiger partial charge in [0.15, 0.2) is 0 Å². The van der Waals surface area contributed by atoms with Gasteiger partial charge < -0.3 is 21.1 Å². The Bertz CT molecular complexity index is 1220. The van der Waals surface area contributed by atoms with E-state index in [-0.39, 0.29) is 32.1 Å². The fourth-order valence-corrected chi connectivity index (χ4v) is 5.95. The van der Waals surface area contributed by atoms with Crippen LogP contribution in [0, 0.1) is 0 Å². The van der Waals surface area contributed by atoms with E-state index in [0.29, 0.717) is 6.42 Å². The summed E-state index contributed by atoms with van der Waals surface area (Å²) in [5.74, 6) is -0.268. The Morgan fingerprint density at radius 2 is 1.07 bits per heavy atom. The molecule has 55 heavy (non-hydrogen) atoms. The van der Waals surface area contributed by atoms with E-state index < -0.39 is 20.0 Å². The van der Waals surface area contributed by atoms with E-state index in [1.54, 1.807) is 6.08 Å². The van der Waals surface area contributed by atoms with Crippen LogP contribution in [0.2, 0.25) is 0 Å². The molecule has 0 saturated carbocycles. The minimum atomic E-state index is -4.37. The molecule has 0 saturated heterocycles. The molecule has 312 valence electrons. The lowest BCUT2D eigenvalue weighted by Crippen LogP contribution is -2.45. The third-order valence-corrected chi connectivity index (χ3v) is 9.32. The molecule has 0 rings (SSSR count). The minimum Gasteiger partial charge on any atom is -0.387 e. The molecule has 8 nitrogen and oxygen atoms in total. The zero-order valence-corrected chi connectivity index (χ0v) is 35.3. The summed E-state index contributed by atoms with van der Waals surface area (Å²) < 4.78 is 22.0. The van der Waals surface area contributed by atoms with Crippen LogP contribution in [0.15, 0.2) is 109 Å². The van der Waals surface area contributed by atoms with Gasteiger partial charge in [0, 0.05) is 13.0 Å². The molecule has 0 fully saturated rings. The van der Waals surface area contributed by atoms with Crippen LogP contribution in [-0.4, -0.2) is 47.8 Å². The first kappa shape index (κ1) is 52.2. The number of unbranched alkanes of at least 4 members (excludes halogenated alkanes) is 9. The standard InChI is InChI=1S/C46H77N2O6P/c1-3-5-7-9-11-13-15-17-18-19-20-21-22-23-24-25-26-28-30-32-34-36-38-40-46(50)48-44(43-54-55(51,52)53-42-41-47)45(49)39-37-35-33-31-29-27-16-14-12-10-8-6-4-2/h5,7,11,13,17-18,20-21,23-24,26,28-29,31-32,34,37,39,44-45,49H,3-4,6,8-10,12,14-16,19,22,25,27,30,33,35-36,38,40-43,47H2,1-2H3,(H,48,50)(H,51,52)/b7-5-,13-11-,18-17-,21-20-,24-23-,28-26-,31-29+,34-32-,39-37+. The van der Waals surface area contributed by atoms with Crippen molar-refractivity contribution >= 4 is 13.7 Å². The lowest BCUT2D eigenvalue weighted by atomic mass is 10.1. The molecule has 0 heterocycles. The van der Waals surface area contributed by atoms with Crippen LogP contribution >= 0.6 is 7.82 Å². The Kier molecular flexibility index (Phi) is 38.7. The summed E-state index contributed by atoms with van der Waals surface area (Å²) in [7, 11) is -4.37. The van der Waals surface area contributed by atoms with Gasteiger partial charge in [0.1, 0.15) is 0 Å². The lowest BCUT2D eigenvalue weighted by molar-refractivity contribution is -0.122. The molecule has 0 radical (unpaired) electrons. The van der Waals surface area contributed by atoms with Crippen molar-refractivity contribution in [2.75, 3.05) is 19.8 Å². The van der Waals surface area contributed by atoms with Gasteiger partial charge in [-0.1, -0.05) is 162 Å². The van der Waals surface area contributed by atoms with Gasteiger partial charge in [0.25, 0.3) is 0 Å². The molecule has 5 N–H and O–H groups in total. The van der Waals surface area contributed by atoms with Gasteiger partial charge in [-0.25, -0.2) is 4.57 Å². The number of amides is 1. The molecule has 0 aromatic carbocycles. The Balaban J connectivity index is 4.41. The zero-order valence-electron chi connectivity index (χ0n) is 34.4. The predicted octanol–water partition coefficient (Wildman–Crippen LogP) is 11.8. The fraction of sp³-hybridized carbons (Fsp3) is 0.587. The first-order valence-electron chi connectivity index (χ1n) is 21.0. The normalized spacial score (nSPS) is 15.2. The first-order chi connectivity index (χ1) is 26.9. The summed E-state index contributed by atoms with van der Waals surface area (Å²) in [5, 5.41) is 13.6. The largest absolute Gasteiger partial charge is 0.472 e. The van der Waals surface area contributed by atoms with Gasteiger partial charge in [-0.2, -0.15) is 0 Å². The van der Waals surface area contributed by atoms with Crippen molar-refractivity contribution in [3.63, 3.8) is 0 Å². The number of phosphoric ester groups is 1. The monoisotopic (exact) mass is 785 g/mol. The van der Waals surface area contributed by atoms with E-state index in [9.17, 15) is 19.4 Å². The number of carbonyl (C=O) groups is 1. The molecule has 3 atom stereocenters. The van der Waals surface area contributed by atoms with Crippen molar-refractivity contribution in [2.45, 2.75) is 154 Å². The van der Waals surface area contributed by atoms with E-state index in [1.807, 2.05) is 6.08 Å². The number of nitrogens with two attached hydrogens (primary N) is 1. The van der Waals surface area contributed by atoms with Crippen molar-refractivity contribution in [3.8, 4) is 0 Å². The number of phosphoric acid groups is 1. The van der Waals surface area contributed by atoms with Gasteiger partial charge in [0.05, 0.1) is 25.4 Å². The number of hydrogen-bond acceptors (Lipinski definition) is 6. The highest BCUT2D eigenvalue weighted by atomic mass is 31.2. The SMILES string of the molecule is CC/C=C\C/C=C\C/C=C\C/C=C\C/C=C\C/C=C\C/C=C\CCCC(=O)NC(COP(=O)(O)OCCN)C(O)/C=C/CC/C=C/CCCCCCCCC. The predicted molar refractivity (Wildman–Crippen MR) is 235 cm³/mol. The highest BCUT2D eigenvalue weighted by Gasteiger charge is 2.26. The zero-order chi connectivity index (χ0) is 40.3. The smallest absolute Gasteiger partial charge is 0.387 e. The second-order valence-corrected chi connectivity index (χ2v) is 14.9. The number of carbonyl (C=O) groups excluding carboxylic acids is 1. The molecular weight excluding hydrogens is 707 g/mol. The van der Waals surface area contributed by atoms with Crippen LogP contribution in [0.25, 0.3) is 0 Å².